The molecule has 0 atom stereocenters. The summed E-state index contributed by atoms with van der Waals surface area (Å²) < 4.78 is 48.5. The van der Waals surface area contributed by atoms with Crippen molar-refractivity contribution in [2.75, 3.05) is 10.5 Å². The van der Waals surface area contributed by atoms with E-state index in [1.807, 2.05) is 0 Å². The summed E-state index contributed by atoms with van der Waals surface area (Å²) in [7, 11) is -2.11. The summed E-state index contributed by atoms with van der Waals surface area (Å²) in [5.41, 5.74) is 0.268. The number of hydrogen-bond acceptors (Lipinski definition) is 4. The minimum absolute atomic E-state index is 0.0150. The summed E-state index contributed by atoms with van der Waals surface area (Å²) in [5, 5.41) is 0. The van der Waals surface area contributed by atoms with Crippen molar-refractivity contribution in [1.29, 1.82) is 0 Å². The molecule has 0 aliphatic heterocycles. The number of rotatable bonds is 5. The first-order chi connectivity index (χ1) is 8.51. The normalized spacial score (nSPS) is 12.7. The maximum atomic E-state index is 11.8. The molecular formula is C10H13BrClNO4S2. The molecule has 5 nitrogen and oxygen atoms in total. The van der Waals surface area contributed by atoms with Crippen molar-refractivity contribution in [2.24, 2.45) is 5.92 Å². The van der Waals surface area contributed by atoms with E-state index in [9.17, 15) is 16.8 Å². The third kappa shape index (κ3) is 5.29. The van der Waals surface area contributed by atoms with E-state index < -0.39 is 19.1 Å². The van der Waals surface area contributed by atoms with E-state index in [0.717, 1.165) is 0 Å². The molecule has 0 bridgehead atoms. The molecular weight excluding hydrogens is 378 g/mol. The molecule has 0 spiro atoms. The quantitative estimate of drug-likeness (QED) is 0.784. The molecule has 0 unspecified atom stereocenters. The van der Waals surface area contributed by atoms with Crippen molar-refractivity contribution >= 4 is 51.4 Å². The molecule has 1 aromatic rings. The van der Waals surface area contributed by atoms with Crippen molar-refractivity contribution in [1.82, 2.24) is 0 Å². The molecule has 1 rings (SSSR count). The smallest absolute Gasteiger partial charge is 0.261 e. The number of nitrogens with one attached hydrogen (secondary N) is 1. The highest BCUT2D eigenvalue weighted by Gasteiger charge is 2.16. The van der Waals surface area contributed by atoms with E-state index >= 15 is 0 Å². The summed E-state index contributed by atoms with van der Waals surface area (Å²) in [4.78, 5) is -0.104. The van der Waals surface area contributed by atoms with E-state index in [4.69, 9.17) is 10.7 Å². The number of benzene rings is 1. The standard InChI is InChI=1S/C10H13BrClNO4S2/c1-7(2)6-18(14,15)13-10-4-3-8(5-9(10)11)19(12,16)17/h3-5,7,13H,6H2,1-2H3. The predicted molar refractivity (Wildman–Crippen MR) is 79.4 cm³/mol. The molecule has 0 aromatic heterocycles. The van der Waals surface area contributed by atoms with Crippen LogP contribution in [0.15, 0.2) is 27.6 Å². The molecule has 0 saturated heterocycles. The van der Waals surface area contributed by atoms with Gasteiger partial charge < -0.3 is 0 Å². The van der Waals surface area contributed by atoms with Crippen LogP contribution in [-0.4, -0.2) is 22.6 Å². The first-order valence-electron chi connectivity index (χ1n) is 5.26. The van der Waals surface area contributed by atoms with Crippen LogP contribution < -0.4 is 4.72 Å². The van der Waals surface area contributed by atoms with Crippen molar-refractivity contribution in [2.45, 2.75) is 18.7 Å². The van der Waals surface area contributed by atoms with Gasteiger partial charge in [0.1, 0.15) is 0 Å². The Morgan fingerprint density at radius 2 is 1.84 bits per heavy atom. The van der Waals surface area contributed by atoms with E-state index in [1.165, 1.54) is 18.2 Å². The third-order valence-electron chi connectivity index (χ3n) is 2.04. The molecule has 19 heavy (non-hydrogen) atoms. The van der Waals surface area contributed by atoms with Crippen LogP contribution >= 0.6 is 26.6 Å². The van der Waals surface area contributed by atoms with Crippen LogP contribution in [0.25, 0.3) is 0 Å². The first-order valence-corrected chi connectivity index (χ1v) is 10.0. The largest absolute Gasteiger partial charge is 0.282 e. The lowest BCUT2D eigenvalue weighted by Crippen LogP contribution is -2.20. The van der Waals surface area contributed by atoms with Crippen molar-refractivity contribution in [3.8, 4) is 0 Å². The number of sulfonamides is 1. The summed E-state index contributed by atoms with van der Waals surface area (Å²) in [5.74, 6) is -0.0339. The van der Waals surface area contributed by atoms with Crippen LogP contribution in [0.4, 0.5) is 5.69 Å². The van der Waals surface area contributed by atoms with Gasteiger partial charge in [-0.05, 0) is 40.0 Å². The lowest BCUT2D eigenvalue weighted by Gasteiger charge is -2.11. The number of halogens is 2. The monoisotopic (exact) mass is 389 g/mol. The van der Waals surface area contributed by atoms with Crippen LogP contribution in [0.3, 0.4) is 0 Å². The Hall–Kier alpha value is -0.310. The molecule has 0 aliphatic carbocycles. The van der Waals surface area contributed by atoms with E-state index in [2.05, 4.69) is 20.7 Å². The Labute approximate surface area is 126 Å². The highest BCUT2D eigenvalue weighted by molar-refractivity contribution is 9.10. The number of hydrogen-bond donors (Lipinski definition) is 1. The van der Waals surface area contributed by atoms with Crippen LogP contribution in [0.5, 0.6) is 0 Å². The van der Waals surface area contributed by atoms with Crippen LogP contribution in [0.2, 0.25) is 0 Å². The van der Waals surface area contributed by atoms with Crippen molar-refractivity contribution in [3.05, 3.63) is 22.7 Å². The SMILES string of the molecule is CC(C)CS(=O)(=O)Nc1ccc(S(=O)(=O)Cl)cc1Br. The third-order valence-corrected chi connectivity index (χ3v) is 5.68. The minimum Gasteiger partial charge on any atom is -0.282 e. The molecule has 0 aliphatic rings. The zero-order valence-corrected chi connectivity index (χ0v) is 14.2. The molecule has 1 N–H and O–H groups in total. The summed E-state index contributed by atoms with van der Waals surface area (Å²) in [6.45, 7) is 3.58. The second-order valence-corrected chi connectivity index (χ2v) is 9.54. The van der Waals surface area contributed by atoms with Gasteiger partial charge in [-0.2, -0.15) is 0 Å². The van der Waals surface area contributed by atoms with Gasteiger partial charge in [-0.1, -0.05) is 13.8 Å². The molecule has 0 amide bonds. The zero-order valence-electron chi connectivity index (χ0n) is 10.2. The van der Waals surface area contributed by atoms with Crippen LogP contribution in [0.1, 0.15) is 13.8 Å². The molecule has 9 heteroatoms. The minimum atomic E-state index is -3.84. The average Bonchev–Trinajstić information content (AvgIpc) is 2.16. The molecule has 0 saturated carbocycles. The van der Waals surface area contributed by atoms with Gasteiger partial charge in [0.2, 0.25) is 10.0 Å². The summed E-state index contributed by atoms with van der Waals surface area (Å²) in [6, 6.07) is 3.83. The van der Waals surface area contributed by atoms with Gasteiger partial charge >= 0.3 is 0 Å². The fraction of sp³-hybridized carbons (Fsp3) is 0.400. The van der Waals surface area contributed by atoms with Gasteiger partial charge in [0.15, 0.2) is 0 Å². The van der Waals surface area contributed by atoms with Crippen LogP contribution in [0, 0.1) is 5.92 Å². The second kappa shape index (κ2) is 5.99. The molecule has 108 valence electrons. The topological polar surface area (TPSA) is 80.3 Å². The van der Waals surface area contributed by atoms with Crippen molar-refractivity contribution < 1.29 is 16.8 Å². The zero-order chi connectivity index (χ0) is 14.8. The van der Waals surface area contributed by atoms with E-state index in [0.29, 0.717) is 4.47 Å². The van der Waals surface area contributed by atoms with Crippen LogP contribution in [-0.2, 0) is 19.1 Å². The summed E-state index contributed by atoms with van der Waals surface area (Å²) in [6.07, 6.45) is 0. The lowest BCUT2D eigenvalue weighted by atomic mass is 10.3. The predicted octanol–water partition coefficient (Wildman–Crippen LogP) is 2.77. The fourth-order valence-electron chi connectivity index (χ4n) is 1.38. The number of anilines is 1. The van der Waals surface area contributed by atoms with Gasteiger partial charge in [0, 0.05) is 15.2 Å². The molecule has 0 heterocycles. The maximum absolute atomic E-state index is 11.8. The fourth-order valence-corrected chi connectivity index (χ4v) is 4.39. The molecule has 0 fully saturated rings. The van der Waals surface area contributed by atoms with Gasteiger partial charge in [-0.3, -0.25) is 4.72 Å². The van der Waals surface area contributed by atoms with Gasteiger partial charge in [-0.15, -0.1) is 0 Å². The van der Waals surface area contributed by atoms with Gasteiger partial charge in [0.05, 0.1) is 16.3 Å². The average molecular weight is 391 g/mol. The lowest BCUT2D eigenvalue weighted by molar-refractivity contribution is 0.587. The summed E-state index contributed by atoms with van der Waals surface area (Å²) >= 11 is 3.11. The molecule has 0 radical (unpaired) electrons. The molecule has 1 aromatic carbocycles. The highest BCUT2D eigenvalue weighted by Crippen LogP contribution is 2.28. The van der Waals surface area contributed by atoms with E-state index in [-0.39, 0.29) is 22.3 Å². The Kier molecular flexibility index (Phi) is 5.28. The van der Waals surface area contributed by atoms with E-state index in [1.54, 1.807) is 13.8 Å². The second-order valence-electron chi connectivity index (χ2n) is 4.36. The van der Waals surface area contributed by atoms with Crippen molar-refractivity contribution in [3.63, 3.8) is 0 Å². The van der Waals surface area contributed by atoms with Gasteiger partial charge in [0.25, 0.3) is 9.05 Å². The Balaban J connectivity index is 3.06. The Morgan fingerprint density at radius 3 is 2.26 bits per heavy atom. The van der Waals surface area contributed by atoms with Gasteiger partial charge in [-0.25, -0.2) is 16.8 Å². The Bertz CT molecular complexity index is 671. The highest BCUT2D eigenvalue weighted by atomic mass is 79.9. The first kappa shape index (κ1) is 16.7. The Morgan fingerprint density at radius 1 is 1.26 bits per heavy atom. The maximum Gasteiger partial charge on any atom is 0.261 e.